The molecule has 2 N–H and O–H groups in total. The second-order valence-corrected chi connectivity index (χ2v) is 8.32. The van der Waals surface area contributed by atoms with Gasteiger partial charge in [0.1, 0.15) is 11.4 Å². The molecule has 5 nitrogen and oxygen atoms in total. The third-order valence-corrected chi connectivity index (χ3v) is 5.91. The fourth-order valence-electron chi connectivity index (χ4n) is 2.56. The van der Waals surface area contributed by atoms with Crippen molar-refractivity contribution >= 4 is 41.0 Å². The van der Waals surface area contributed by atoms with Crippen LogP contribution in [0.25, 0.3) is 6.08 Å². The van der Waals surface area contributed by atoms with Gasteiger partial charge in [-0.15, -0.1) is 23.1 Å². The van der Waals surface area contributed by atoms with E-state index in [0.717, 1.165) is 15.5 Å². The maximum atomic E-state index is 12.7. The zero-order chi connectivity index (χ0) is 21.2. The fourth-order valence-corrected chi connectivity index (χ4v) is 4.00. The molecule has 2 aromatic carbocycles. The Bertz CT molecular complexity index is 985. The zero-order valence-electron chi connectivity index (χ0n) is 16.5. The molecule has 0 aliphatic rings. The van der Waals surface area contributed by atoms with Crippen LogP contribution in [-0.2, 0) is 4.79 Å². The summed E-state index contributed by atoms with van der Waals surface area (Å²) in [7, 11) is 1.57. The Hall–Kier alpha value is -3.03. The topological polar surface area (TPSA) is 67.4 Å². The van der Waals surface area contributed by atoms with Crippen molar-refractivity contribution in [3.8, 4) is 5.75 Å². The van der Waals surface area contributed by atoms with E-state index in [9.17, 15) is 9.59 Å². The molecule has 0 saturated carbocycles. The summed E-state index contributed by atoms with van der Waals surface area (Å²) in [6.07, 6.45) is 1.69. The molecule has 3 aromatic rings. The van der Waals surface area contributed by atoms with E-state index >= 15 is 0 Å². The normalized spacial score (nSPS) is 11.0. The zero-order valence-corrected chi connectivity index (χ0v) is 18.1. The molecule has 30 heavy (non-hydrogen) atoms. The average Bonchev–Trinajstić information content (AvgIpc) is 3.30. The van der Waals surface area contributed by atoms with Gasteiger partial charge >= 0.3 is 0 Å². The number of ether oxygens (including phenoxy) is 1. The van der Waals surface area contributed by atoms with Crippen molar-refractivity contribution < 1.29 is 14.3 Å². The second-order valence-electron chi connectivity index (χ2n) is 6.17. The Morgan fingerprint density at radius 2 is 1.80 bits per heavy atom. The lowest BCUT2D eigenvalue weighted by Crippen LogP contribution is -2.35. The van der Waals surface area contributed by atoms with Gasteiger partial charge < -0.3 is 15.4 Å². The van der Waals surface area contributed by atoms with Crippen LogP contribution in [0.4, 0.5) is 0 Å². The first-order valence-electron chi connectivity index (χ1n) is 9.32. The van der Waals surface area contributed by atoms with Crippen LogP contribution in [0.1, 0.15) is 15.2 Å². The molecule has 7 heteroatoms. The van der Waals surface area contributed by atoms with E-state index in [1.165, 1.54) is 11.3 Å². The van der Waals surface area contributed by atoms with Gasteiger partial charge in [0.2, 0.25) is 0 Å². The number of rotatable bonds is 9. The van der Waals surface area contributed by atoms with Gasteiger partial charge in [-0.2, -0.15) is 0 Å². The summed E-state index contributed by atoms with van der Waals surface area (Å²) in [5.74, 6) is 0.719. The summed E-state index contributed by atoms with van der Waals surface area (Å²) in [4.78, 5) is 27.4. The predicted molar refractivity (Wildman–Crippen MR) is 123 cm³/mol. The third kappa shape index (κ3) is 6.50. The molecule has 0 aliphatic heterocycles. The summed E-state index contributed by atoms with van der Waals surface area (Å²) in [6, 6.07) is 20.5. The molecule has 0 bridgehead atoms. The summed E-state index contributed by atoms with van der Waals surface area (Å²) in [5.41, 5.74) is 0.656. The standard InChI is InChI=1S/C23H22N2O3S2/c1-28-18-11-9-17(10-12-18)22(26)25-21(16-20-8-5-14-29-20)23(27)24-13-15-30-19-6-3-2-4-7-19/h2-12,14,16H,13,15H2,1H3,(H,24,27)(H,25,26)/b21-16-. The summed E-state index contributed by atoms with van der Waals surface area (Å²) < 4.78 is 5.12. The van der Waals surface area contributed by atoms with E-state index in [1.807, 2.05) is 47.8 Å². The first kappa shape index (κ1) is 21.7. The van der Waals surface area contributed by atoms with Gasteiger partial charge in [-0.1, -0.05) is 24.3 Å². The van der Waals surface area contributed by atoms with Crippen molar-refractivity contribution in [1.29, 1.82) is 0 Å². The Balaban J connectivity index is 1.62. The van der Waals surface area contributed by atoms with E-state index < -0.39 is 0 Å². The van der Waals surface area contributed by atoms with E-state index in [1.54, 1.807) is 49.2 Å². The first-order valence-corrected chi connectivity index (χ1v) is 11.2. The van der Waals surface area contributed by atoms with Gasteiger partial charge in [-0.3, -0.25) is 9.59 Å². The minimum Gasteiger partial charge on any atom is -0.497 e. The van der Waals surface area contributed by atoms with Crippen LogP contribution in [0.5, 0.6) is 5.75 Å². The Labute approximate surface area is 184 Å². The lowest BCUT2D eigenvalue weighted by molar-refractivity contribution is -0.117. The molecule has 1 heterocycles. The fraction of sp³-hybridized carbons (Fsp3) is 0.130. The number of methoxy groups -OCH3 is 1. The molecule has 0 aliphatic carbocycles. The monoisotopic (exact) mass is 438 g/mol. The summed E-state index contributed by atoms with van der Waals surface area (Å²) in [5, 5.41) is 7.54. The molecule has 0 radical (unpaired) electrons. The molecular weight excluding hydrogens is 416 g/mol. The predicted octanol–water partition coefficient (Wildman–Crippen LogP) is 4.44. The van der Waals surface area contributed by atoms with Crippen LogP contribution in [-0.4, -0.2) is 31.2 Å². The molecule has 1 aromatic heterocycles. The molecule has 0 saturated heterocycles. The minimum atomic E-state index is -0.353. The summed E-state index contributed by atoms with van der Waals surface area (Å²) in [6.45, 7) is 0.485. The highest BCUT2D eigenvalue weighted by molar-refractivity contribution is 7.99. The second kappa shape index (κ2) is 11.2. The van der Waals surface area contributed by atoms with E-state index in [-0.39, 0.29) is 17.5 Å². The van der Waals surface area contributed by atoms with Crippen LogP contribution < -0.4 is 15.4 Å². The van der Waals surface area contributed by atoms with E-state index in [0.29, 0.717) is 17.9 Å². The lowest BCUT2D eigenvalue weighted by Gasteiger charge is -2.11. The first-order chi connectivity index (χ1) is 14.7. The average molecular weight is 439 g/mol. The minimum absolute atomic E-state index is 0.211. The SMILES string of the molecule is COc1ccc(C(=O)N/C(=C\c2cccs2)C(=O)NCCSc2ccccc2)cc1. The summed E-state index contributed by atoms with van der Waals surface area (Å²) >= 11 is 3.16. The highest BCUT2D eigenvalue weighted by atomic mass is 32.2. The molecule has 0 atom stereocenters. The molecule has 2 amide bonds. The van der Waals surface area contributed by atoms with Crippen molar-refractivity contribution in [1.82, 2.24) is 10.6 Å². The number of amides is 2. The van der Waals surface area contributed by atoms with Crippen molar-refractivity contribution in [2.24, 2.45) is 0 Å². The lowest BCUT2D eigenvalue weighted by atomic mass is 10.2. The maximum absolute atomic E-state index is 12.7. The molecule has 3 rings (SSSR count). The van der Waals surface area contributed by atoms with Crippen LogP contribution >= 0.6 is 23.1 Å². The largest absolute Gasteiger partial charge is 0.497 e. The molecule has 0 unspecified atom stereocenters. The maximum Gasteiger partial charge on any atom is 0.267 e. The quantitative estimate of drug-likeness (QED) is 0.295. The van der Waals surface area contributed by atoms with Gasteiger partial charge in [-0.05, 0) is 53.9 Å². The van der Waals surface area contributed by atoms with Gasteiger partial charge in [0.15, 0.2) is 0 Å². The Morgan fingerprint density at radius 1 is 1.03 bits per heavy atom. The van der Waals surface area contributed by atoms with Gasteiger partial charge in [0, 0.05) is 27.6 Å². The molecule has 0 fully saturated rings. The number of hydrogen-bond donors (Lipinski definition) is 2. The van der Waals surface area contributed by atoms with Crippen LogP contribution in [0.15, 0.2) is 82.7 Å². The molecule has 154 valence electrons. The van der Waals surface area contributed by atoms with Gasteiger partial charge in [0.25, 0.3) is 11.8 Å². The third-order valence-electron chi connectivity index (χ3n) is 4.07. The van der Waals surface area contributed by atoms with Crippen LogP contribution in [0.2, 0.25) is 0 Å². The van der Waals surface area contributed by atoms with E-state index in [2.05, 4.69) is 10.6 Å². The number of carbonyl (C=O) groups excluding carboxylic acids is 2. The Kier molecular flexibility index (Phi) is 8.11. The van der Waals surface area contributed by atoms with Crippen LogP contribution in [0.3, 0.4) is 0 Å². The number of benzene rings is 2. The molecule has 0 spiro atoms. The smallest absolute Gasteiger partial charge is 0.267 e. The Morgan fingerprint density at radius 3 is 2.47 bits per heavy atom. The molecular formula is C23H22N2O3S2. The van der Waals surface area contributed by atoms with Crippen molar-refractivity contribution in [2.75, 3.05) is 19.4 Å². The number of nitrogens with one attached hydrogen (secondary N) is 2. The number of hydrogen-bond acceptors (Lipinski definition) is 5. The van der Waals surface area contributed by atoms with Crippen LogP contribution in [0, 0.1) is 0 Å². The van der Waals surface area contributed by atoms with Crippen molar-refractivity contribution in [3.05, 3.63) is 88.2 Å². The van der Waals surface area contributed by atoms with E-state index in [4.69, 9.17) is 4.74 Å². The highest BCUT2D eigenvalue weighted by Gasteiger charge is 2.15. The highest BCUT2D eigenvalue weighted by Crippen LogP contribution is 2.17. The van der Waals surface area contributed by atoms with Crippen molar-refractivity contribution in [2.45, 2.75) is 4.90 Å². The number of thiophene rings is 1. The number of thioether (sulfide) groups is 1. The van der Waals surface area contributed by atoms with Crippen molar-refractivity contribution in [3.63, 3.8) is 0 Å². The van der Waals surface area contributed by atoms with Gasteiger partial charge in [-0.25, -0.2) is 0 Å². The van der Waals surface area contributed by atoms with Gasteiger partial charge in [0.05, 0.1) is 7.11 Å². The number of carbonyl (C=O) groups is 2.